The molecule has 0 aliphatic heterocycles. The number of halogens is 1. The first-order valence-electron chi connectivity index (χ1n) is 7.35. The summed E-state index contributed by atoms with van der Waals surface area (Å²) in [5.41, 5.74) is 2.83. The molecule has 1 amide bonds. The molecule has 2 N–H and O–H groups in total. The molecule has 0 radical (unpaired) electrons. The number of nitrogens with one attached hydrogen (secondary N) is 1. The van der Waals surface area contributed by atoms with Gasteiger partial charge in [0.15, 0.2) is 5.69 Å². The monoisotopic (exact) mass is 317 g/mol. The summed E-state index contributed by atoms with van der Waals surface area (Å²) in [7, 11) is 0. The Hall–Kier alpha value is -2.70. The molecule has 7 heteroatoms. The molecule has 1 aliphatic rings. The number of aryl methyl sites for hydroxylation is 1. The first-order valence-corrected chi connectivity index (χ1v) is 7.35. The molecule has 0 unspecified atom stereocenters. The number of aromatic nitrogens is 2. The summed E-state index contributed by atoms with van der Waals surface area (Å²) >= 11 is 0. The number of nitrogens with zero attached hydrogens (tertiary/aromatic N) is 2. The zero-order valence-electron chi connectivity index (χ0n) is 12.6. The molecule has 2 aromatic rings. The average Bonchev–Trinajstić information content (AvgIpc) is 3.08. The molecule has 0 fully saturated rings. The van der Waals surface area contributed by atoms with Gasteiger partial charge in [0.1, 0.15) is 18.0 Å². The fourth-order valence-electron chi connectivity index (χ4n) is 2.94. The van der Waals surface area contributed by atoms with E-state index in [-0.39, 0.29) is 5.69 Å². The number of carbonyl (C=O) groups excluding carboxylic acids is 1. The van der Waals surface area contributed by atoms with Crippen molar-refractivity contribution in [3.8, 4) is 5.69 Å². The van der Waals surface area contributed by atoms with Gasteiger partial charge >= 0.3 is 5.97 Å². The highest BCUT2D eigenvalue weighted by Crippen LogP contribution is 2.29. The van der Waals surface area contributed by atoms with Crippen molar-refractivity contribution >= 4 is 11.9 Å². The lowest BCUT2D eigenvalue weighted by Crippen LogP contribution is -2.30. The number of hydrogen-bond donors (Lipinski definition) is 2. The number of aliphatic carboxylic acids is 1. The number of fused-ring (bicyclic) bond motifs is 1. The molecule has 120 valence electrons. The lowest BCUT2D eigenvalue weighted by molar-refractivity contribution is -0.135. The largest absolute Gasteiger partial charge is 0.480 e. The standard InChI is InChI=1S/C16H16FN3O3/c1-9-4-2-6-11(17)15(9)20-12-7-3-5-10(12)14(19-20)16(23)18-8-13(21)22/h2,4,6H,3,5,7-8H2,1H3,(H,18,23)(H,21,22). The predicted molar refractivity (Wildman–Crippen MR) is 80.3 cm³/mol. The Bertz CT molecular complexity index is 778. The van der Waals surface area contributed by atoms with Gasteiger partial charge in [0.25, 0.3) is 5.91 Å². The Labute approximate surface area is 131 Å². The van der Waals surface area contributed by atoms with Crippen molar-refractivity contribution in [1.82, 2.24) is 15.1 Å². The van der Waals surface area contributed by atoms with Gasteiger partial charge in [-0.25, -0.2) is 9.07 Å². The van der Waals surface area contributed by atoms with Gasteiger partial charge in [-0.1, -0.05) is 12.1 Å². The van der Waals surface area contributed by atoms with Crippen LogP contribution in [0.5, 0.6) is 0 Å². The van der Waals surface area contributed by atoms with Gasteiger partial charge < -0.3 is 10.4 Å². The fraction of sp³-hybridized carbons (Fsp3) is 0.312. The van der Waals surface area contributed by atoms with Crippen LogP contribution in [0.1, 0.15) is 33.7 Å². The van der Waals surface area contributed by atoms with Crippen LogP contribution in [0.2, 0.25) is 0 Å². The first-order chi connectivity index (χ1) is 11.0. The highest BCUT2D eigenvalue weighted by Gasteiger charge is 2.28. The van der Waals surface area contributed by atoms with Gasteiger partial charge in [0, 0.05) is 11.3 Å². The minimum Gasteiger partial charge on any atom is -0.480 e. The molecular formula is C16H16FN3O3. The second kappa shape index (κ2) is 5.83. The van der Waals surface area contributed by atoms with Gasteiger partial charge in [0.05, 0.1) is 0 Å². The van der Waals surface area contributed by atoms with E-state index < -0.39 is 24.2 Å². The number of para-hydroxylation sites is 1. The van der Waals surface area contributed by atoms with Crippen molar-refractivity contribution < 1.29 is 19.1 Å². The first kappa shape index (κ1) is 15.2. The number of carboxylic acids is 1. The lowest BCUT2D eigenvalue weighted by atomic mass is 10.1. The predicted octanol–water partition coefficient (Wildman–Crippen LogP) is 1.62. The molecule has 1 aromatic heterocycles. The summed E-state index contributed by atoms with van der Waals surface area (Å²) in [4.78, 5) is 22.8. The molecule has 1 aromatic carbocycles. The maximum atomic E-state index is 14.2. The van der Waals surface area contributed by atoms with Crippen LogP contribution in [0.25, 0.3) is 5.69 Å². The van der Waals surface area contributed by atoms with Crippen LogP contribution in [0.4, 0.5) is 4.39 Å². The summed E-state index contributed by atoms with van der Waals surface area (Å²) in [6, 6.07) is 4.76. The lowest BCUT2D eigenvalue weighted by Gasteiger charge is -2.10. The zero-order valence-corrected chi connectivity index (χ0v) is 12.6. The second-order valence-electron chi connectivity index (χ2n) is 5.52. The Morgan fingerprint density at radius 2 is 2.17 bits per heavy atom. The van der Waals surface area contributed by atoms with Gasteiger partial charge in [-0.3, -0.25) is 9.59 Å². The molecule has 0 saturated heterocycles. The van der Waals surface area contributed by atoms with Crippen LogP contribution < -0.4 is 5.32 Å². The molecule has 0 spiro atoms. The zero-order chi connectivity index (χ0) is 16.6. The topological polar surface area (TPSA) is 84.2 Å². The van der Waals surface area contributed by atoms with Crippen LogP contribution in [-0.2, 0) is 17.6 Å². The van der Waals surface area contributed by atoms with Gasteiger partial charge in [-0.2, -0.15) is 5.10 Å². The average molecular weight is 317 g/mol. The molecule has 0 atom stereocenters. The third-order valence-corrected chi connectivity index (χ3v) is 3.95. The second-order valence-corrected chi connectivity index (χ2v) is 5.52. The van der Waals surface area contributed by atoms with E-state index in [1.54, 1.807) is 19.1 Å². The van der Waals surface area contributed by atoms with Crippen molar-refractivity contribution in [2.75, 3.05) is 6.54 Å². The Morgan fingerprint density at radius 1 is 1.39 bits per heavy atom. The van der Waals surface area contributed by atoms with Crippen LogP contribution >= 0.6 is 0 Å². The molecule has 0 bridgehead atoms. The SMILES string of the molecule is Cc1cccc(F)c1-n1nc(C(=O)NCC(=O)O)c2c1CCC2. The summed E-state index contributed by atoms with van der Waals surface area (Å²) in [5.74, 6) is -2.07. The third kappa shape index (κ3) is 2.69. The van der Waals surface area contributed by atoms with Crippen LogP contribution in [0, 0.1) is 12.7 Å². The molecule has 3 rings (SSSR count). The number of rotatable bonds is 4. The Balaban J connectivity index is 2.06. The minimum atomic E-state index is -1.13. The maximum absolute atomic E-state index is 14.2. The molecule has 6 nitrogen and oxygen atoms in total. The van der Waals surface area contributed by atoms with E-state index in [9.17, 15) is 14.0 Å². The maximum Gasteiger partial charge on any atom is 0.322 e. The summed E-state index contributed by atoms with van der Waals surface area (Å²) in [6.45, 7) is 1.31. The number of carbonyl (C=O) groups is 2. The number of amides is 1. The number of carboxylic acid groups (broad SMARTS) is 1. The van der Waals surface area contributed by atoms with Crippen LogP contribution in [0.15, 0.2) is 18.2 Å². The quantitative estimate of drug-likeness (QED) is 0.897. The van der Waals surface area contributed by atoms with Gasteiger partial charge in [-0.05, 0) is 37.8 Å². The van der Waals surface area contributed by atoms with E-state index in [1.807, 2.05) is 0 Å². The molecule has 0 saturated carbocycles. The third-order valence-electron chi connectivity index (χ3n) is 3.95. The van der Waals surface area contributed by atoms with E-state index in [0.29, 0.717) is 18.5 Å². The summed E-state index contributed by atoms with van der Waals surface area (Å²) in [6.07, 6.45) is 2.25. The Morgan fingerprint density at radius 3 is 2.87 bits per heavy atom. The minimum absolute atomic E-state index is 0.182. The number of benzene rings is 1. The molecular weight excluding hydrogens is 301 g/mol. The van der Waals surface area contributed by atoms with E-state index in [2.05, 4.69) is 10.4 Å². The van der Waals surface area contributed by atoms with Gasteiger partial charge in [0.2, 0.25) is 0 Å². The van der Waals surface area contributed by atoms with Crippen molar-refractivity contribution in [2.45, 2.75) is 26.2 Å². The Kier molecular flexibility index (Phi) is 3.85. The molecule has 23 heavy (non-hydrogen) atoms. The molecule has 1 heterocycles. The van der Waals surface area contributed by atoms with Crippen molar-refractivity contribution in [3.63, 3.8) is 0 Å². The summed E-state index contributed by atoms with van der Waals surface area (Å²) < 4.78 is 15.7. The van der Waals surface area contributed by atoms with Crippen LogP contribution in [0.3, 0.4) is 0 Å². The van der Waals surface area contributed by atoms with E-state index in [4.69, 9.17) is 5.11 Å². The van der Waals surface area contributed by atoms with Crippen molar-refractivity contribution in [1.29, 1.82) is 0 Å². The van der Waals surface area contributed by atoms with E-state index in [1.165, 1.54) is 10.7 Å². The fourth-order valence-corrected chi connectivity index (χ4v) is 2.94. The smallest absolute Gasteiger partial charge is 0.322 e. The van der Waals surface area contributed by atoms with E-state index >= 15 is 0 Å². The molecule has 1 aliphatic carbocycles. The normalized spacial score (nSPS) is 13.0. The van der Waals surface area contributed by atoms with Gasteiger partial charge in [-0.15, -0.1) is 0 Å². The number of hydrogen-bond acceptors (Lipinski definition) is 3. The highest BCUT2D eigenvalue weighted by atomic mass is 19.1. The highest BCUT2D eigenvalue weighted by molar-refractivity contribution is 5.95. The van der Waals surface area contributed by atoms with E-state index in [0.717, 1.165) is 23.2 Å². The van der Waals surface area contributed by atoms with Crippen molar-refractivity contribution in [2.24, 2.45) is 0 Å². The van der Waals surface area contributed by atoms with Crippen LogP contribution in [-0.4, -0.2) is 33.3 Å². The van der Waals surface area contributed by atoms with Crippen molar-refractivity contribution in [3.05, 3.63) is 46.5 Å². The summed E-state index contributed by atoms with van der Waals surface area (Å²) in [5, 5.41) is 15.3.